The van der Waals surface area contributed by atoms with Crippen LogP contribution in [-0.2, 0) is 0 Å². The summed E-state index contributed by atoms with van der Waals surface area (Å²) in [6.07, 6.45) is 16.7. The van der Waals surface area contributed by atoms with Crippen molar-refractivity contribution in [3.05, 3.63) is 48.6 Å². The fraction of sp³-hybridized carbons (Fsp3) is 0.579. The van der Waals surface area contributed by atoms with E-state index in [1.165, 1.54) is 11.5 Å². The smallest absolute Gasteiger partial charge is 0.0758 e. The summed E-state index contributed by atoms with van der Waals surface area (Å²) in [6, 6.07) is 0. The summed E-state index contributed by atoms with van der Waals surface area (Å²) in [5, 5.41) is 19.6. The van der Waals surface area contributed by atoms with Crippen molar-refractivity contribution in [1.82, 2.24) is 4.90 Å². The first kappa shape index (κ1) is 20.2. The maximum Gasteiger partial charge on any atom is 0.0758 e. The van der Waals surface area contributed by atoms with Gasteiger partial charge in [-0.15, -0.1) is 0 Å². The second-order valence-electron chi connectivity index (χ2n) is 5.65. The lowest BCUT2D eigenvalue weighted by molar-refractivity contribution is 0.182. The summed E-state index contributed by atoms with van der Waals surface area (Å²) in [5.74, 6) is 2.42. The quantitative estimate of drug-likeness (QED) is 0.475. The number of aliphatic hydroxyl groups excluding tert-OH is 2. The van der Waals surface area contributed by atoms with Crippen LogP contribution in [0.3, 0.4) is 0 Å². The van der Waals surface area contributed by atoms with E-state index in [0.29, 0.717) is 6.42 Å². The highest BCUT2D eigenvalue weighted by Gasteiger charge is 2.10. The highest BCUT2D eigenvalue weighted by atomic mass is 32.2. The summed E-state index contributed by atoms with van der Waals surface area (Å²) in [7, 11) is 0. The van der Waals surface area contributed by atoms with E-state index in [1.54, 1.807) is 6.08 Å². The third-order valence-electron chi connectivity index (χ3n) is 3.62. The van der Waals surface area contributed by atoms with Gasteiger partial charge in [0.25, 0.3) is 0 Å². The van der Waals surface area contributed by atoms with Crippen LogP contribution in [-0.4, -0.2) is 58.5 Å². The van der Waals surface area contributed by atoms with Gasteiger partial charge in [0.1, 0.15) is 0 Å². The maximum absolute atomic E-state index is 9.93. The molecule has 130 valence electrons. The van der Waals surface area contributed by atoms with Gasteiger partial charge in [-0.05, 0) is 19.3 Å². The number of nitrogens with zero attached hydrogens (tertiary/aromatic N) is 1. The fourth-order valence-corrected chi connectivity index (χ4v) is 3.21. The Morgan fingerprint density at radius 2 is 1.61 bits per heavy atom. The summed E-state index contributed by atoms with van der Waals surface area (Å²) in [5.41, 5.74) is 0. The Morgan fingerprint density at radius 3 is 2.26 bits per heavy atom. The van der Waals surface area contributed by atoms with E-state index < -0.39 is 6.10 Å². The molecule has 4 heteroatoms. The molecular formula is C19H31NO2S. The number of thioether (sulfide) groups is 1. The second kappa shape index (κ2) is 13.6. The molecule has 0 amide bonds. The molecule has 0 aromatic heterocycles. The van der Waals surface area contributed by atoms with Gasteiger partial charge in [-0.1, -0.05) is 55.5 Å². The van der Waals surface area contributed by atoms with Crippen LogP contribution in [0.25, 0.3) is 0 Å². The molecule has 1 aliphatic heterocycles. The molecule has 3 nitrogen and oxygen atoms in total. The van der Waals surface area contributed by atoms with Crippen molar-refractivity contribution < 1.29 is 10.2 Å². The molecule has 1 heterocycles. The van der Waals surface area contributed by atoms with E-state index in [-0.39, 0.29) is 6.10 Å². The highest BCUT2D eigenvalue weighted by Crippen LogP contribution is 2.10. The second-order valence-corrected chi connectivity index (χ2v) is 6.87. The van der Waals surface area contributed by atoms with Crippen molar-refractivity contribution in [1.29, 1.82) is 0 Å². The zero-order valence-corrected chi connectivity index (χ0v) is 15.0. The summed E-state index contributed by atoms with van der Waals surface area (Å²) in [4.78, 5) is 2.42. The maximum atomic E-state index is 9.93. The van der Waals surface area contributed by atoms with Crippen LogP contribution in [0.15, 0.2) is 48.6 Å². The molecule has 0 radical (unpaired) electrons. The third kappa shape index (κ3) is 11.4. The molecule has 1 fully saturated rings. The van der Waals surface area contributed by atoms with Crippen molar-refractivity contribution in [2.24, 2.45) is 0 Å². The number of aliphatic hydroxyl groups is 2. The predicted molar refractivity (Wildman–Crippen MR) is 102 cm³/mol. The zero-order valence-electron chi connectivity index (χ0n) is 14.2. The first-order chi connectivity index (χ1) is 11.2. The van der Waals surface area contributed by atoms with E-state index in [9.17, 15) is 10.2 Å². The van der Waals surface area contributed by atoms with Crippen LogP contribution < -0.4 is 0 Å². The van der Waals surface area contributed by atoms with Gasteiger partial charge >= 0.3 is 0 Å². The van der Waals surface area contributed by atoms with Gasteiger partial charge in [0.2, 0.25) is 0 Å². The van der Waals surface area contributed by atoms with E-state index >= 15 is 0 Å². The Kier molecular flexibility index (Phi) is 12.0. The van der Waals surface area contributed by atoms with Crippen LogP contribution in [0.4, 0.5) is 0 Å². The standard InChI is InChI=1S/C19H31NO2S/c1-2-3-6-9-18(21)10-7-4-5-8-11-19(22)12-13-20-14-16-23-17-15-20/h3-8,10-11,18-19,21-22H,2,9,12-17H2,1H3. The van der Waals surface area contributed by atoms with Crippen molar-refractivity contribution >= 4 is 11.8 Å². The Labute approximate surface area is 145 Å². The molecular weight excluding hydrogens is 306 g/mol. The molecule has 0 bridgehead atoms. The topological polar surface area (TPSA) is 43.7 Å². The van der Waals surface area contributed by atoms with Gasteiger partial charge in [-0.2, -0.15) is 11.8 Å². The third-order valence-corrected chi connectivity index (χ3v) is 4.57. The molecule has 0 aliphatic carbocycles. The molecule has 2 atom stereocenters. The molecule has 23 heavy (non-hydrogen) atoms. The van der Waals surface area contributed by atoms with E-state index in [0.717, 1.165) is 32.5 Å². The lowest BCUT2D eigenvalue weighted by Gasteiger charge is -2.26. The minimum atomic E-state index is -0.431. The minimum absolute atomic E-state index is 0.386. The first-order valence-corrected chi connectivity index (χ1v) is 9.70. The summed E-state index contributed by atoms with van der Waals surface area (Å²) >= 11 is 2.01. The van der Waals surface area contributed by atoms with Gasteiger partial charge < -0.3 is 15.1 Å². The van der Waals surface area contributed by atoms with E-state index in [4.69, 9.17) is 0 Å². The first-order valence-electron chi connectivity index (χ1n) is 8.55. The Hall–Kier alpha value is -0.810. The van der Waals surface area contributed by atoms with Crippen LogP contribution >= 0.6 is 11.8 Å². The number of allylic oxidation sites excluding steroid dienone is 5. The van der Waals surface area contributed by atoms with Crippen LogP contribution in [0.1, 0.15) is 26.2 Å². The molecule has 1 aliphatic rings. The lowest BCUT2D eigenvalue weighted by atomic mass is 10.2. The number of hydrogen-bond donors (Lipinski definition) is 2. The predicted octanol–water partition coefficient (Wildman–Crippen LogP) is 3.17. The van der Waals surface area contributed by atoms with Crippen molar-refractivity contribution in [2.45, 2.75) is 38.4 Å². The van der Waals surface area contributed by atoms with E-state index in [1.807, 2.05) is 48.2 Å². The number of hydrogen-bond acceptors (Lipinski definition) is 4. The SMILES string of the molecule is CCC=CCC(O)C=CC=CC=CC(O)CCN1CCSCC1. The largest absolute Gasteiger partial charge is 0.389 e. The molecule has 0 spiro atoms. The van der Waals surface area contributed by atoms with Crippen LogP contribution in [0.5, 0.6) is 0 Å². The van der Waals surface area contributed by atoms with Crippen molar-refractivity contribution in [2.75, 3.05) is 31.1 Å². The summed E-state index contributed by atoms with van der Waals surface area (Å²) < 4.78 is 0. The molecule has 1 saturated heterocycles. The Balaban J connectivity index is 2.14. The lowest BCUT2D eigenvalue weighted by Crippen LogP contribution is -2.34. The van der Waals surface area contributed by atoms with Crippen LogP contribution in [0.2, 0.25) is 0 Å². The van der Waals surface area contributed by atoms with Gasteiger partial charge in [-0.3, -0.25) is 0 Å². The van der Waals surface area contributed by atoms with Gasteiger partial charge in [0.05, 0.1) is 12.2 Å². The molecule has 1 rings (SSSR count). The highest BCUT2D eigenvalue weighted by molar-refractivity contribution is 7.99. The zero-order chi connectivity index (χ0) is 16.8. The van der Waals surface area contributed by atoms with E-state index in [2.05, 4.69) is 17.9 Å². The summed E-state index contributed by atoms with van der Waals surface area (Å²) in [6.45, 7) is 5.32. The molecule has 0 aromatic carbocycles. The Morgan fingerprint density at radius 1 is 0.957 bits per heavy atom. The normalized spacial score (nSPS) is 20.3. The van der Waals surface area contributed by atoms with Crippen LogP contribution in [0, 0.1) is 0 Å². The molecule has 0 aromatic rings. The van der Waals surface area contributed by atoms with Crippen molar-refractivity contribution in [3.8, 4) is 0 Å². The van der Waals surface area contributed by atoms with Gasteiger partial charge in [-0.25, -0.2) is 0 Å². The molecule has 2 unspecified atom stereocenters. The fourth-order valence-electron chi connectivity index (χ4n) is 2.23. The Bertz CT molecular complexity index is 398. The van der Waals surface area contributed by atoms with Gasteiger partial charge in [0, 0.05) is 31.1 Å². The molecule has 2 N–H and O–H groups in total. The molecule has 0 saturated carbocycles. The average Bonchev–Trinajstić information content (AvgIpc) is 2.57. The minimum Gasteiger partial charge on any atom is -0.389 e. The van der Waals surface area contributed by atoms with Crippen molar-refractivity contribution in [3.63, 3.8) is 0 Å². The number of rotatable bonds is 10. The average molecular weight is 338 g/mol. The monoisotopic (exact) mass is 337 g/mol. The van der Waals surface area contributed by atoms with Gasteiger partial charge in [0.15, 0.2) is 0 Å².